The van der Waals surface area contributed by atoms with E-state index in [1.807, 2.05) is 11.8 Å². The van der Waals surface area contributed by atoms with Crippen molar-refractivity contribution in [2.45, 2.75) is 30.8 Å². The Morgan fingerprint density at radius 2 is 1.81 bits per heavy atom. The first kappa shape index (κ1) is 26.9. The Kier molecular flexibility index (Phi) is 7.25. The Morgan fingerprint density at radius 1 is 1.19 bits per heavy atom. The Balaban J connectivity index is 0.000000586. The average molecular weight is 558 g/mol. The number of pyridine rings is 1. The molecule has 15 heteroatoms. The summed E-state index contributed by atoms with van der Waals surface area (Å²) in [6.07, 6.45) is 0.715. The van der Waals surface area contributed by atoms with Crippen LogP contribution in [0.25, 0.3) is 10.9 Å². The number of benzene rings is 1. The standard InChI is InChI=1S/C21H20FN3O6S.CH4O3S/c1-10-16(31-21(29)30-10)9-23-3-5-24(6-4-23)15-8-14-12(7-13(15)22)18(26)17(20(27)28)19-25(14)11(2)32-19;1-5(2,3)4/h7-8,11H,3-6,9H2,1-2H3,(H,27,28);1H3,(H,2,3,4). The van der Waals surface area contributed by atoms with E-state index < -0.39 is 33.2 Å². The highest BCUT2D eigenvalue weighted by Crippen LogP contribution is 2.46. The number of halogens is 1. The van der Waals surface area contributed by atoms with Gasteiger partial charge in [-0.05, 0) is 26.0 Å². The van der Waals surface area contributed by atoms with E-state index in [1.54, 1.807) is 17.6 Å². The Bertz CT molecular complexity index is 1590. The third-order valence-corrected chi connectivity index (χ3v) is 7.18. The lowest BCUT2D eigenvalue weighted by atomic mass is 10.1. The number of hydrogen-bond donors (Lipinski definition) is 2. The van der Waals surface area contributed by atoms with Crippen LogP contribution in [0.4, 0.5) is 10.1 Å². The molecule has 0 spiro atoms. The van der Waals surface area contributed by atoms with Crippen LogP contribution in [0.2, 0.25) is 0 Å². The van der Waals surface area contributed by atoms with Crippen LogP contribution in [0.15, 0.2) is 35.6 Å². The van der Waals surface area contributed by atoms with Crippen LogP contribution in [0, 0.1) is 12.7 Å². The highest BCUT2D eigenvalue weighted by molar-refractivity contribution is 8.00. The van der Waals surface area contributed by atoms with Gasteiger partial charge in [0.25, 0.3) is 10.1 Å². The minimum atomic E-state index is -3.67. The van der Waals surface area contributed by atoms with Gasteiger partial charge in [-0.3, -0.25) is 14.2 Å². The molecule has 3 aromatic rings. The zero-order chi connectivity index (χ0) is 27.2. The van der Waals surface area contributed by atoms with Crippen molar-refractivity contribution < 1.29 is 36.1 Å². The van der Waals surface area contributed by atoms with Crippen LogP contribution in [0.5, 0.6) is 0 Å². The van der Waals surface area contributed by atoms with Crippen LogP contribution >= 0.6 is 11.8 Å². The number of nitrogens with zero attached hydrogens (tertiary/aromatic N) is 3. The van der Waals surface area contributed by atoms with Gasteiger partial charge in [0.15, 0.2) is 5.76 Å². The molecule has 0 radical (unpaired) electrons. The maximum atomic E-state index is 15.0. The predicted octanol–water partition coefficient (Wildman–Crippen LogP) is 2.14. The Hall–Kier alpha value is -3.14. The number of anilines is 1. The summed E-state index contributed by atoms with van der Waals surface area (Å²) in [5, 5.41) is 9.89. The fourth-order valence-electron chi connectivity index (χ4n) is 4.34. The number of aryl methyl sites for hydroxylation is 1. The van der Waals surface area contributed by atoms with Crippen LogP contribution in [-0.4, -0.2) is 65.9 Å². The van der Waals surface area contributed by atoms with E-state index in [2.05, 4.69) is 4.90 Å². The van der Waals surface area contributed by atoms with Crippen LogP contribution < -0.4 is 16.2 Å². The topological polar surface area (TPSA) is 164 Å². The van der Waals surface area contributed by atoms with E-state index in [0.29, 0.717) is 66.7 Å². The number of carbonyl (C=O) groups is 1. The van der Waals surface area contributed by atoms with Gasteiger partial charge in [0.05, 0.1) is 34.4 Å². The highest BCUT2D eigenvalue weighted by Gasteiger charge is 2.33. The SMILES string of the molecule is CS(=O)(=O)O.Cc1oc(=O)oc1CN1CCN(c2cc3c(cc2F)c(=O)c(C(=O)O)c2n3C(C)S2)CC1. The summed E-state index contributed by atoms with van der Waals surface area (Å²) in [5.74, 6) is -1.64. The molecule has 2 N–H and O–H groups in total. The molecule has 12 nitrogen and oxygen atoms in total. The minimum absolute atomic E-state index is 0.0470. The van der Waals surface area contributed by atoms with Gasteiger partial charge in [0, 0.05) is 31.6 Å². The number of aromatic nitrogens is 1. The maximum Gasteiger partial charge on any atom is 0.519 e. The molecule has 1 aromatic carbocycles. The summed E-state index contributed by atoms with van der Waals surface area (Å²) in [5.41, 5.74) is -0.0479. The van der Waals surface area contributed by atoms with Gasteiger partial charge in [-0.25, -0.2) is 14.0 Å². The molecule has 0 aliphatic carbocycles. The lowest BCUT2D eigenvalue weighted by molar-refractivity contribution is 0.0689. The molecular weight excluding hydrogens is 533 g/mol. The van der Waals surface area contributed by atoms with Gasteiger partial charge in [-0.1, -0.05) is 11.8 Å². The van der Waals surface area contributed by atoms with Crippen molar-refractivity contribution in [3.05, 3.63) is 55.9 Å². The number of thioether (sulfide) groups is 1. The second-order valence-corrected chi connectivity index (χ2v) is 11.4. The smallest absolute Gasteiger partial charge is 0.477 e. The lowest BCUT2D eigenvalue weighted by Crippen LogP contribution is -2.46. The number of aromatic carboxylic acids is 1. The third-order valence-electron chi connectivity index (χ3n) is 6.00. The van der Waals surface area contributed by atoms with Crippen molar-refractivity contribution in [3.63, 3.8) is 0 Å². The number of piperazine rings is 1. The number of rotatable bonds is 4. The number of hydrogen-bond acceptors (Lipinski definition) is 10. The van der Waals surface area contributed by atoms with Crippen molar-refractivity contribution in [2.24, 2.45) is 0 Å². The largest absolute Gasteiger partial charge is 0.519 e. The summed E-state index contributed by atoms with van der Waals surface area (Å²) in [4.78, 5) is 39.6. The second-order valence-electron chi connectivity index (χ2n) is 8.65. The first-order valence-electron chi connectivity index (χ1n) is 11.1. The zero-order valence-electron chi connectivity index (χ0n) is 20.1. The molecule has 37 heavy (non-hydrogen) atoms. The highest BCUT2D eigenvalue weighted by atomic mass is 32.2. The monoisotopic (exact) mass is 557 g/mol. The number of carboxylic acid groups (broad SMARTS) is 1. The van der Waals surface area contributed by atoms with Crippen molar-refractivity contribution in [3.8, 4) is 0 Å². The summed E-state index contributed by atoms with van der Waals surface area (Å²) < 4.78 is 52.7. The molecule has 2 aliphatic rings. The normalized spacial score (nSPS) is 17.6. The van der Waals surface area contributed by atoms with Gasteiger partial charge in [0.1, 0.15) is 17.1 Å². The van der Waals surface area contributed by atoms with Gasteiger partial charge in [-0.15, -0.1) is 0 Å². The van der Waals surface area contributed by atoms with E-state index in [1.165, 1.54) is 11.8 Å². The van der Waals surface area contributed by atoms with E-state index in [0.717, 1.165) is 6.07 Å². The summed E-state index contributed by atoms with van der Waals surface area (Å²) in [6, 6.07) is 2.80. The molecule has 2 aliphatic heterocycles. The minimum Gasteiger partial charge on any atom is -0.477 e. The average Bonchev–Trinajstić information content (AvgIpc) is 3.09. The van der Waals surface area contributed by atoms with Crippen molar-refractivity contribution in [1.29, 1.82) is 0 Å². The molecule has 4 heterocycles. The molecule has 1 unspecified atom stereocenters. The first-order valence-corrected chi connectivity index (χ1v) is 13.8. The summed E-state index contributed by atoms with van der Waals surface area (Å²) >= 11 is 1.32. The molecule has 0 amide bonds. The Morgan fingerprint density at radius 3 is 2.32 bits per heavy atom. The van der Waals surface area contributed by atoms with Gasteiger partial charge in [0.2, 0.25) is 5.43 Å². The van der Waals surface area contributed by atoms with Crippen molar-refractivity contribution in [1.82, 2.24) is 9.47 Å². The molecule has 1 fully saturated rings. The van der Waals surface area contributed by atoms with E-state index in [9.17, 15) is 27.9 Å². The van der Waals surface area contributed by atoms with E-state index in [-0.39, 0.29) is 16.3 Å². The quantitative estimate of drug-likeness (QED) is 0.450. The zero-order valence-corrected chi connectivity index (χ0v) is 21.7. The third kappa shape index (κ3) is 5.58. The van der Waals surface area contributed by atoms with Crippen LogP contribution in [0.1, 0.15) is 34.2 Å². The molecular formula is C22H24FN3O9S2. The molecule has 0 saturated carbocycles. The summed E-state index contributed by atoms with van der Waals surface area (Å²) in [7, 11) is -3.67. The van der Waals surface area contributed by atoms with Crippen LogP contribution in [0.3, 0.4) is 0 Å². The molecule has 0 bridgehead atoms. The number of fused-ring (bicyclic) bond motifs is 3. The van der Waals surface area contributed by atoms with Crippen LogP contribution in [-0.2, 0) is 16.7 Å². The molecule has 2 aromatic heterocycles. The molecule has 1 atom stereocenters. The van der Waals surface area contributed by atoms with Gasteiger partial charge in [-0.2, -0.15) is 8.42 Å². The van der Waals surface area contributed by atoms with Crippen molar-refractivity contribution >= 4 is 44.4 Å². The molecule has 1 saturated heterocycles. The molecule has 200 valence electrons. The fourth-order valence-corrected chi connectivity index (χ4v) is 5.49. The number of carboxylic acids is 1. The maximum absolute atomic E-state index is 15.0. The van der Waals surface area contributed by atoms with Gasteiger partial charge < -0.3 is 23.4 Å². The predicted molar refractivity (Wildman–Crippen MR) is 133 cm³/mol. The summed E-state index contributed by atoms with van der Waals surface area (Å²) in [6.45, 7) is 6.33. The lowest BCUT2D eigenvalue weighted by Gasteiger charge is -2.37. The second kappa shape index (κ2) is 9.96. The van der Waals surface area contributed by atoms with E-state index >= 15 is 4.39 Å². The van der Waals surface area contributed by atoms with Gasteiger partial charge >= 0.3 is 11.8 Å². The fraction of sp³-hybridized carbons (Fsp3) is 0.409. The Labute approximate surface area is 214 Å². The first-order chi connectivity index (χ1) is 17.2. The van der Waals surface area contributed by atoms with Crippen molar-refractivity contribution in [2.75, 3.05) is 37.3 Å². The molecule has 5 rings (SSSR count). The van der Waals surface area contributed by atoms with E-state index in [4.69, 9.17) is 13.4 Å².